The van der Waals surface area contributed by atoms with Gasteiger partial charge in [0, 0.05) is 36.6 Å². The first-order valence-electron chi connectivity index (χ1n) is 9.41. The second kappa shape index (κ2) is 7.87. The van der Waals surface area contributed by atoms with Gasteiger partial charge in [-0.2, -0.15) is 33.1 Å². The summed E-state index contributed by atoms with van der Waals surface area (Å²) in [6.07, 6.45) is -3.32. The van der Waals surface area contributed by atoms with Gasteiger partial charge in [0.05, 0.1) is 29.1 Å². The van der Waals surface area contributed by atoms with Gasteiger partial charge in [0.2, 0.25) is 0 Å². The summed E-state index contributed by atoms with van der Waals surface area (Å²) in [5, 5.41) is 27.3. The number of aromatic amines is 1. The fourth-order valence-electron chi connectivity index (χ4n) is 3.25. The van der Waals surface area contributed by atoms with Crippen molar-refractivity contribution >= 4 is 17.5 Å². The average Bonchev–Trinajstić information content (AvgIpc) is 3.41. The predicted molar refractivity (Wildman–Crippen MR) is 109 cm³/mol. The molecular weight excluding hydrogens is 427 g/mol. The van der Waals surface area contributed by atoms with Crippen LogP contribution in [0.25, 0.3) is 17.1 Å². The second-order valence-electron chi connectivity index (χ2n) is 7.16. The van der Waals surface area contributed by atoms with Crippen molar-refractivity contribution in [3.8, 4) is 17.1 Å². The van der Waals surface area contributed by atoms with Crippen molar-refractivity contribution in [3.05, 3.63) is 59.5 Å². The lowest BCUT2D eigenvalue weighted by molar-refractivity contribution is -0.137. The number of aryl methyl sites for hydroxylation is 2. The largest absolute Gasteiger partial charge is 0.481 e. The van der Waals surface area contributed by atoms with Crippen molar-refractivity contribution < 1.29 is 23.1 Å². The minimum atomic E-state index is -4.56. The molecule has 0 saturated heterocycles. The van der Waals surface area contributed by atoms with Gasteiger partial charge in [0.15, 0.2) is 5.82 Å². The van der Waals surface area contributed by atoms with Gasteiger partial charge in [-0.05, 0) is 31.2 Å². The molecule has 1 aromatic carbocycles. The molecule has 0 bridgehead atoms. The number of benzene rings is 1. The van der Waals surface area contributed by atoms with Crippen molar-refractivity contribution in [1.82, 2.24) is 29.8 Å². The molecule has 0 fully saturated rings. The number of rotatable bonds is 6. The van der Waals surface area contributed by atoms with Crippen LogP contribution in [-0.4, -0.2) is 40.8 Å². The van der Waals surface area contributed by atoms with Gasteiger partial charge in [-0.25, -0.2) is 0 Å². The third-order valence-electron chi connectivity index (χ3n) is 4.60. The monoisotopic (exact) mass is 445 g/mol. The fraction of sp³-hybridized carbons (Fsp3) is 0.200. The zero-order valence-electron chi connectivity index (χ0n) is 17.0. The van der Waals surface area contributed by atoms with E-state index in [-0.39, 0.29) is 23.4 Å². The number of H-pyrrole nitrogens is 1. The van der Waals surface area contributed by atoms with Crippen LogP contribution in [0.5, 0.6) is 0 Å². The van der Waals surface area contributed by atoms with Crippen molar-refractivity contribution in [2.45, 2.75) is 19.5 Å². The lowest BCUT2D eigenvalue weighted by Gasteiger charge is -2.14. The van der Waals surface area contributed by atoms with Gasteiger partial charge < -0.3 is 10.4 Å². The van der Waals surface area contributed by atoms with E-state index in [9.17, 15) is 18.0 Å². The summed E-state index contributed by atoms with van der Waals surface area (Å²) in [6.45, 7) is 1.77. The lowest BCUT2D eigenvalue weighted by Crippen LogP contribution is -2.09. The van der Waals surface area contributed by atoms with Crippen molar-refractivity contribution in [1.29, 1.82) is 0 Å². The molecule has 0 radical (unpaired) electrons. The first-order chi connectivity index (χ1) is 15.1. The molecule has 9 nitrogen and oxygen atoms in total. The molecule has 0 spiro atoms. The third-order valence-corrected chi connectivity index (χ3v) is 4.60. The first-order valence-corrected chi connectivity index (χ1v) is 9.41. The van der Waals surface area contributed by atoms with Gasteiger partial charge in [-0.1, -0.05) is 0 Å². The summed E-state index contributed by atoms with van der Waals surface area (Å²) in [5.74, 6) is -0.232. The lowest BCUT2D eigenvalue weighted by atomic mass is 10.0. The van der Waals surface area contributed by atoms with E-state index in [1.807, 2.05) is 0 Å². The van der Waals surface area contributed by atoms with Gasteiger partial charge in [0.1, 0.15) is 5.82 Å². The van der Waals surface area contributed by atoms with Crippen LogP contribution in [0.2, 0.25) is 0 Å². The van der Waals surface area contributed by atoms with Crippen LogP contribution in [0, 0.1) is 6.92 Å². The number of nitrogens with zero attached hydrogens (tertiary/aromatic N) is 5. The Bertz CT molecular complexity index is 1290. The Kier molecular flexibility index (Phi) is 5.20. The number of halogens is 3. The smallest absolute Gasteiger partial charge is 0.417 e. The van der Waals surface area contributed by atoms with Gasteiger partial charge in [-0.15, -0.1) is 0 Å². The Labute approximate surface area is 179 Å². The van der Waals surface area contributed by atoms with E-state index >= 15 is 0 Å². The maximum Gasteiger partial charge on any atom is 0.417 e. The maximum atomic E-state index is 13.6. The SMILES string of the molecule is Cc1cc(-n2nc(CC(=O)O)cc2Nc2ccc(C(F)(F)F)c(-c3ccn(C)n3)c2)[nH]n1. The molecule has 0 aliphatic heterocycles. The number of aliphatic carboxylic acids is 1. The number of alkyl halides is 3. The molecule has 3 aromatic heterocycles. The number of carbonyl (C=O) groups is 1. The molecule has 0 aliphatic rings. The number of carboxylic acid groups (broad SMARTS) is 1. The maximum absolute atomic E-state index is 13.6. The third kappa shape index (κ3) is 4.33. The van der Waals surface area contributed by atoms with Crippen LogP contribution in [0.4, 0.5) is 24.7 Å². The molecule has 0 saturated carbocycles. The Morgan fingerprint density at radius 3 is 2.56 bits per heavy atom. The van der Waals surface area contributed by atoms with E-state index in [0.29, 0.717) is 23.0 Å². The highest BCUT2D eigenvalue weighted by atomic mass is 19.4. The van der Waals surface area contributed by atoms with Gasteiger partial charge in [0.25, 0.3) is 0 Å². The van der Waals surface area contributed by atoms with E-state index < -0.39 is 17.7 Å². The van der Waals surface area contributed by atoms with Gasteiger partial charge in [-0.3, -0.25) is 14.6 Å². The second-order valence-corrected chi connectivity index (χ2v) is 7.16. The van der Waals surface area contributed by atoms with Crippen LogP contribution >= 0.6 is 0 Å². The summed E-state index contributed by atoms with van der Waals surface area (Å²) < 4.78 is 43.6. The van der Waals surface area contributed by atoms with Crippen LogP contribution in [0.15, 0.2) is 42.6 Å². The van der Waals surface area contributed by atoms with Crippen molar-refractivity contribution in [2.24, 2.45) is 7.05 Å². The van der Waals surface area contributed by atoms with E-state index in [2.05, 4.69) is 25.7 Å². The van der Waals surface area contributed by atoms with Crippen LogP contribution in [0.3, 0.4) is 0 Å². The topological polar surface area (TPSA) is 114 Å². The van der Waals surface area contributed by atoms with E-state index in [1.54, 1.807) is 26.2 Å². The molecule has 0 unspecified atom stereocenters. The summed E-state index contributed by atoms with van der Waals surface area (Å²) >= 11 is 0. The number of anilines is 2. The minimum absolute atomic E-state index is 0.0858. The molecule has 166 valence electrons. The summed E-state index contributed by atoms with van der Waals surface area (Å²) in [7, 11) is 1.62. The zero-order valence-corrected chi connectivity index (χ0v) is 17.0. The van der Waals surface area contributed by atoms with Crippen LogP contribution in [0.1, 0.15) is 17.0 Å². The van der Waals surface area contributed by atoms with Crippen molar-refractivity contribution in [2.75, 3.05) is 5.32 Å². The summed E-state index contributed by atoms with van der Waals surface area (Å²) in [5.41, 5.74) is 0.575. The standard InChI is InChI=1S/C20H18F3N7O2/c1-11-7-18(26-25-11)30-17(9-13(27-30)10-19(31)32)24-12-3-4-15(20(21,22)23)14(8-12)16-5-6-29(2)28-16/h3-9,24H,10H2,1-2H3,(H,25,26)(H,31,32). The molecule has 4 aromatic rings. The number of carboxylic acids is 1. The molecule has 0 amide bonds. The van der Waals surface area contributed by atoms with E-state index in [4.69, 9.17) is 5.11 Å². The predicted octanol–water partition coefficient (Wildman–Crippen LogP) is 3.69. The van der Waals surface area contributed by atoms with E-state index in [1.165, 1.54) is 33.6 Å². The average molecular weight is 445 g/mol. The highest BCUT2D eigenvalue weighted by Crippen LogP contribution is 2.38. The molecular formula is C20H18F3N7O2. The van der Waals surface area contributed by atoms with Gasteiger partial charge >= 0.3 is 12.1 Å². The molecule has 3 heterocycles. The molecule has 32 heavy (non-hydrogen) atoms. The molecule has 3 N–H and O–H groups in total. The summed E-state index contributed by atoms with van der Waals surface area (Å²) in [6, 6.07) is 8.33. The fourth-order valence-corrected chi connectivity index (χ4v) is 3.25. The van der Waals surface area contributed by atoms with Crippen LogP contribution < -0.4 is 5.32 Å². The Morgan fingerprint density at radius 1 is 1.19 bits per heavy atom. The first kappa shape index (κ1) is 21.2. The van der Waals surface area contributed by atoms with Crippen LogP contribution in [-0.2, 0) is 24.4 Å². The zero-order chi connectivity index (χ0) is 23.0. The normalized spacial score (nSPS) is 11.7. The molecule has 12 heteroatoms. The molecule has 0 atom stereocenters. The Hall–Kier alpha value is -4.09. The highest BCUT2D eigenvalue weighted by molar-refractivity contribution is 5.73. The molecule has 4 rings (SSSR count). The minimum Gasteiger partial charge on any atom is -0.481 e. The number of hydrogen-bond acceptors (Lipinski definition) is 5. The van der Waals surface area contributed by atoms with E-state index in [0.717, 1.165) is 6.07 Å². The molecule has 0 aliphatic carbocycles. The van der Waals surface area contributed by atoms with Crippen molar-refractivity contribution in [3.63, 3.8) is 0 Å². The Balaban J connectivity index is 1.77. The quantitative estimate of drug-likeness (QED) is 0.417. The summed E-state index contributed by atoms with van der Waals surface area (Å²) in [4.78, 5) is 11.1. The number of aromatic nitrogens is 6. The number of nitrogens with one attached hydrogen (secondary N) is 2. The highest BCUT2D eigenvalue weighted by Gasteiger charge is 2.34. The number of hydrogen-bond donors (Lipinski definition) is 3. The Morgan fingerprint density at radius 2 is 1.97 bits per heavy atom.